The Bertz CT molecular complexity index is 686. The maximum absolute atomic E-state index is 12.1. The molecule has 1 saturated heterocycles. The van der Waals surface area contributed by atoms with E-state index in [2.05, 4.69) is 26.7 Å². The average Bonchev–Trinajstić information content (AvgIpc) is 3.21. The van der Waals surface area contributed by atoms with E-state index in [0.717, 1.165) is 31.0 Å². The number of benzene rings is 1. The van der Waals surface area contributed by atoms with Crippen molar-refractivity contribution in [2.75, 3.05) is 31.6 Å². The van der Waals surface area contributed by atoms with Crippen LogP contribution in [-0.2, 0) is 0 Å². The molecular weight excluding hydrogens is 310 g/mol. The Balaban J connectivity index is 1.54. The molecule has 2 heterocycles. The van der Waals surface area contributed by atoms with E-state index in [0.29, 0.717) is 18.0 Å². The first-order chi connectivity index (χ1) is 11.2. The van der Waals surface area contributed by atoms with Gasteiger partial charge >= 0.3 is 0 Å². The quantitative estimate of drug-likeness (QED) is 0.915. The SMILES string of the molecule is COc1cccc(N2CC[C@H](CNC(=O)c3csnc3C)C2)c1. The minimum atomic E-state index is -0.0175. The fraction of sp³-hybridized carbons (Fsp3) is 0.412. The Hall–Kier alpha value is -2.08. The molecule has 1 fully saturated rings. The highest BCUT2D eigenvalue weighted by Gasteiger charge is 2.24. The lowest BCUT2D eigenvalue weighted by Gasteiger charge is -2.19. The van der Waals surface area contributed by atoms with Gasteiger partial charge in [-0.25, -0.2) is 0 Å². The van der Waals surface area contributed by atoms with Crippen molar-refractivity contribution in [1.82, 2.24) is 9.69 Å². The van der Waals surface area contributed by atoms with Crippen molar-refractivity contribution in [3.8, 4) is 5.75 Å². The van der Waals surface area contributed by atoms with Gasteiger partial charge in [-0.2, -0.15) is 4.37 Å². The monoisotopic (exact) mass is 331 g/mol. The molecule has 0 bridgehead atoms. The molecule has 5 nitrogen and oxygen atoms in total. The summed E-state index contributed by atoms with van der Waals surface area (Å²) in [6.07, 6.45) is 1.08. The summed E-state index contributed by atoms with van der Waals surface area (Å²) in [5, 5.41) is 4.85. The van der Waals surface area contributed by atoms with E-state index in [1.165, 1.54) is 17.2 Å². The van der Waals surface area contributed by atoms with E-state index >= 15 is 0 Å². The number of hydrogen-bond donors (Lipinski definition) is 1. The predicted molar refractivity (Wildman–Crippen MR) is 92.5 cm³/mol. The number of nitrogens with one attached hydrogen (secondary N) is 1. The lowest BCUT2D eigenvalue weighted by molar-refractivity contribution is 0.0948. The Morgan fingerprint density at radius 3 is 3.13 bits per heavy atom. The number of aryl methyl sites for hydroxylation is 1. The van der Waals surface area contributed by atoms with Crippen molar-refractivity contribution in [2.24, 2.45) is 5.92 Å². The van der Waals surface area contributed by atoms with Crippen molar-refractivity contribution in [2.45, 2.75) is 13.3 Å². The molecule has 1 aromatic carbocycles. The fourth-order valence-corrected chi connectivity index (χ4v) is 3.58. The van der Waals surface area contributed by atoms with E-state index in [-0.39, 0.29) is 5.91 Å². The molecule has 122 valence electrons. The van der Waals surface area contributed by atoms with Crippen LogP contribution in [0.1, 0.15) is 22.5 Å². The number of carbonyl (C=O) groups is 1. The first-order valence-electron chi connectivity index (χ1n) is 7.75. The number of aromatic nitrogens is 1. The largest absolute Gasteiger partial charge is 0.497 e. The molecule has 3 rings (SSSR count). The third kappa shape index (κ3) is 3.64. The van der Waals surface area contributed by atoms with E-state index in [1.807, 2.05) is 24.4 Å². The van der Waals surface area contributed by atoms with Crippen LogP contribution < -0.4 is 15.0 Å². The Morgan fingerprint density at radius 2 is 2.39 bits per heavy atom. The molecule has 1 aliphatic heterocycles. The summed E-state index contributed by atoms with van der Waals surface area (Å²) in [7, 11) is 1.68. The number of rotatable bonds is 5. The minimum Gasteiger partial charge on any atom is -0.497 e. The summed E-state index contributed by atoms with van der Waals surface area (Å²) in [6, 6.07) is 8.12. The van der Waals surface area contributed by atoms with Crippen LogP contribution in [0.2, 0.25) is 0 Å². The molecule has 1 aromatic heterocycles. The first-order valence-corrected chi connectivity index (χ1v) is 8.59. The molecule has 0 unspecified atom stereocenters. The van der Waals surface area contributed by atoms with Crippen LogP contribution in [0.4, 0.5) is 5.69 Å². The summed E-state index contributed by atoms with van der Waals surface area (Å²) < 4.78 is 9.43. The molecule has 1 amide bonds. The van der Waals surface area contributed by atoms with Crippen LogP contribution in [0.15, 0.2) is 29.6 Å². The van der Waals surface area contributed by atoms with Gasteiger partial charge in [-0.1, -0.05) is 6.07 Å². The lowest BCUT2D eigenvalue weighted by atomic mass is 10.1. The molecule has 0 spiro atoms. The number of anilines is 1. The van der Waals surface area contributed by atoms with E-state index in [9.17, 15) is 4.79 Å². The van der Waals surface area contributed by atoms with Crippen LogP contribution in [0.3, 0.4) is 0 Å². The second-order valence-corrected chi connectivity index (χ2v) is 6.45. The first kappa shape index (κ1) is 15.8. The van der Waals surface area contributed by atoms with Crippen molar-refractivity contribution in [3.63, 3.8) is 0 Å². The number of carbonyl (C=O) groups excluding carboxylic acids is 1. The molecule has 0 aliphatic carbocycles. The highest BCUT2D eigenvalue weighted by Crippen LogP contribution is 2.26. The normalized spacial score (nSPS) is 17.3. The van der Waals surface area contributed by atoms with Gasteiger partial charge in [0, 0.05) is 36.8 Å². The van der Waals surface area contributed by atoms with Gasteiger partial charge in [-0.3, -0.25) is 4.79 Å². The molecule has 0 saturated carbocycles. The maximum Gasteiger partial charge on any atom is 0.254 e. The van der Waals surface area contributed by atoms with Crippen molar-refractivity contribution >= 4 is 23.1 Å². The van der Waals surface area contributed by atoms with Gasteiger partial charge in [0.15, 0.2) is 0 Å². The third-order valence-corrected chi connectivity index (χ3v) is 4.97. The van der Waals surface area contributed by atoms with Crippen LogP contribution >= 0.6 is 11.5 Å². The number of hydrogen-bond acceptors (Lipinski definition) is 5. The Kier molecular flexibility index (Phi) is 4.81. The zero-order valence-corrected chi connectivity index (χ0v) is 14.2. The zero-order chi connectivity index (χ0) is 16.2. The van der Waals surface area contributed by atoms with E-state index in [1.54, 1.807) is 7.11 Å². The number of amides is 1. The zero-order valence-electron chi connectivity index (χ0n) is 13.4. The van der Waals surface area contributed by atoms with Gasteiger partial charge in [0.05, 0.1) is 18.4 Å². The topological polar surface area (TPSA) is 54.5 Å². The lowest BCUT2D eigenvalue weighted by Crippen LogP contribution is -2.31. The molecule has 1 N–H and O–H groups in total. The summed E-state index contributed by atoms with van der Waals surface area (Å²) >= 11 is 1.32. The Labute approximate surface area is 140 Å². The molecule has 0 radical (unpaired) electrons. The predicted octanol–water partition coefficient (Wildman–Crippen LogP) is 2.72. The molecule has 1 atom stereocenters. The van der Waals surface area contributed by atoms with Crippen LogP contribution in [0.25, 0.3) is 0 Å². The second-order valence-electron chi connectivity index (χ2n) is 5.83. The van der Waals surface area contributed by atoms with Gasteiger partial charge < -0.3 is 15.0 Å². The van der Waals surface area contributed by atoms with Crippen molar-refractivity contribution in [3.05, 3.63) is 40.9 Å². The number of nitrogens with zero attached hydrogens (tertiary/aromatic N) is 2. The summed E-state index contributed by atoms with van der Waals surface area (Å²) in [5.74, 6) is 1.33. The average molecular weight is 331 g/mol. The minimum absolute atomic E-state index is 0.0175. The van der Waals surface area contributed by atoms with Gasteiger partial charge in [0.25, 0.3) is 5.91 Å². The van der Waals surface area contributed by atoms with Crippen molar-refractivity contribution in [1.29, 1.82) is 0 Å². The number of ether oxygens (including phenoxy) is 1. The maximum atomic E-state index is 12.1. The highest BCUT2D eigenvalue weighted by molar-refractivity contribution is 7.03. The molecule has 2 aromatic rings. The number of methoxy groups -OCH3 is 1. The molecule has 23 heavy (non-hydrogen) atoms. The fourth-order valence-electron chi connectivity index (χ4n) is 2.88. The van der Waals surface area contributed by atoms with Crippen LogP contribution in [0, 0.1) is 12.8 Å². The van der Waals surface area contributed by atoms with Gasteiger partial charge in [-0.05, 0) is 42.9 Å². The standard InChI is InChI=1S/C17H21N3O2S/c1-12-16(11-23-19-12)17(21)18-9-13-6-7-20(10-13)14-4-3-5-15(8-14)22-2/h3-5,8,11,13H,6-7,9-10H2,1-2H3,(H,18,21)/t13-/m1/s1. The van der Waals surface area contributed by atoms with E-state index in [4.69, 9.17) is 4.74 Å². The third-order valence-electron chi connectivity index (χ3n) is 4.25. The highest BCUT2D eigenvalue weighted by atomic mass is 32.1. The van der Waals surface area contributed by atoms with Crippen molar-refractivity contribution < 1.29 is 9.53 Å². The summed E-state index contributed by atoms with van der Waals surface area (Å²) in [4.78, 5) is 14.5. The summed E-state index contributed by atoms with van der Waals surface area (Å²) in [5.41, 5.74) is 2.67. The van der Waals surface area contributed by atoms with Gasteiger partial charge in [0.2, 0.25) is 0 Å². The smallest absolute Gasteiger partial charge is 0.254 e. The van der Waals surface area contributed by atoms with Crippen LogP contribution in [0.5, 0.6) is 5.75 Å². The summed E-state index contributed by atoms with van der Waals surface area (Å²) in [6.45, 7) is 4.53. The molecular formula is C17H21N3O2S. The van der Waals surface area contributed by atoms with Gasteiger partial charge in [-0.15, -0.1) is 0 Å². The molecule has 1 aliphatic rings. The van der Waals surface area contributed by atoms with E-state index < -0.39 is 0 Å². The second kappa shape index (κ2) is 7.00. The van der Waals surface area contributed by atoms with Crippen LogP contribution in [-0.4, -0.2) is 37.0 Å². The molecule has 6 heteroatoms. The van der Waals surface area contributed by atoms with Gasteiger partial charge in [0.1, 0.15) is 5.75 Å². The Morgan fingerprint density at radius 1 is 1.52 bits per heavy atom.